The number of carbonyl (C=O) groups excluding carboxylic acids is 1. The third-order valence-corrected chi connectivity index (χ3v) is 5.92. The maximum atomic E-state index is 13.5. The van der Waals surface area contributed by atoms with Crippen LogP contribution in [0.5, 0.6) is 0 Å². The fourth-order valence-corrected chi connectivity index (χ4v) is 4.47. The zero-order valence-electron chi connectivity index (χ0n) is 19.0. The summed E-state index contributed by atoms with van der Waals surface area (Å²) in [7, 11) is 0. The molecule has 0 aromatic carbocycles. The minimum absolute atomic E-state index is 0.120. The molecule has 0 radical (unpaired) electrons. The van der Waals surface area contributed by atoms with E-state index in [9.17, 15) is 18.0 Å². The number of aryl methyl sites for hydroxylation is 1. The van der Waals surface area contributed by atoms with Gasteiger partial charge in [0.05, 0.1) is 29.6 Å². The van der Waals surface area contributed by atoms with Gasteiger partial charge in [0, 0.05) is 25.4 Å². The van der Waals surface area contributed by atoms with Crippen LogP contribution in [0.3, 0.4) is 0 Å². The summed E-state index contributed by atoms with van der Waals surface area (Å²) in [6.07, 6.45) is 2.66. The molecule has 0 spiro atoms. The zero-order chi connectivity index (χ0) is 24.5. The molecule has 0 N–H and O–H groups in total. The smallest absolute Gasteiger partial charge is 0.417 e. The van der Waals surface area contributed by atoms with Crippen molar-refractivity contribution in [3.63, 3.8) is 0 Å². The second kappa shape index (κ2) is 9.40. The number of ether oxygens (including phenoxy) is 1. The van der Waals surface area contributed by atoms with E-state index in [2.05, 4.69) is 20.2 Å². The molecule has 2 aromatic heterocycles. The Bertz CT molecular complexity index is 1140. The first kappa shape index (κ1) is 23.7. The van der Waals surface area contributed by atoms with Crippen LogP contribution in [0.1, 0.15) is 42.7 Å². The van der Waals surface area contributed by atoms with Gasteiger partial charge in [0.1, 0.15) is 6.10 Å². The van der Waals surface area contributed by atoms with Crippen LogP contribution >= 0.6 is 0 Å². The number of halogens is 3. The first-order valence-electron chi connectivity index (χ1n) is 10.9. The highest BCUT2D eigenvalue weighted by atomic mass is 19.4. The number of rotatable bonds is 5. The molecule has 2 aliphatic rings. The summed E-state index contributed by atoms with van der Waals surface area (Å²) in [5.74, 6) is 0.514. The zero-order valence-corrected chi connectivity index (χ0v) is 19.0. The Labute approximate surface area is 194 Å². The van der Waals surface area contributed by atoms with Crippen molar-refractivity contribution in [1.29, 1.82) is 0 Å². The topological polar surface area (TPSA) is 85.5 Å². The Hall–Kier alpha value is -3.50. The number of likely N-dealkylation sites (tertiary alicyclic amines) is 1. The molecule has 2 aromatic rings. The van der Waals surface area contributed by atoms with Gasteiger partial charge < -0.3 is 9.64 Å². The molecule has 1 saturated heterocycles. The maximum absolute atomic E-state index is 13.5. The van der Waals surface area contributed by atoms with E-state index in [0.717, 1.165) is 24.4 Å². The number of fused-ring (bicyclic) bond motifs is 2. The lowest BCUT2D eigenvalue weighted by Crippen LogP contribution is -2.46. The highest BCUT2D eigenvalue weighted by molar-refractivity contribution is 5.97. The molecule has 8 nitrogen and oxygen atoms in total. The Morgan fingerprint density at radius 3 is 2.62 bits per heavy atom. The predicted octanol–water partition coefficient (Wildman–Crippen LogP) is 4.03. The highest BCUT2D eigenvalue weighted by Crippen LogP contribution is 2.40. The van der Waals surface area contributed by atoms with Crippen LogP contribution in [0.4, 0.5) is 13.2 Å². The van der Waals surface area contributed by atoms with E-state index < -0.39 is 11.7 Å². The van der Waals surface area contributed by atoms with Crippen LogP contribution in [0, 0.1) is 12.8 Å². The Morgan fingerprint density at radius 2 is 1.97 bits per heavy atom. The van der Waals surface area contributed by atoms with Crippen LogP contribution in [0.15, 0.2) is 53.4 Å². The molecule has 11 heteroatoms. The molecular formula is C23H25F3N6O2. The van der Waals surface area contributed by atoms with Crippen LogP contribution in [0.2, 0.25) is 0 Å². The summed E-state index contributed by atoms with van der Waals surface area (Å²) in [5.41, 5.74) is 0.237. The van der Waals surface area contributed by atoms with Gasteiger partial charge in [-0.05, 0) is 44.7 Å². The van der Waals surface area contributed by atoms with Crippen molar-refractivity contribution in [2.24, 2.45) is 10.9 Å². The van der Waals surface area contributed by atoms with Crippen molar-refractivity contribution in [2.45, 2.75) is 51.9 Å². The van der Waals surface area contributed by atoms with Crippen LogP contribution in [-0.2, 0) is 4.74 Å². The number of hydrogen-bond donors (Lipinski definition) is 0. The molecule has 2 fully saturated rings. The van der Waals surface area contributed by atoms with Crippen LogP contribution in [-0.4, -0.2) is 61.5 Å². The summed E-state index contributed by atoms with van der Waals surface area (Å²) in [6, 6.07) is 3.26. The highest BCUT2D eigenvalue weighted by Gasteiger charge is 2.49. The molecular weight excluding hydrogens is 449 g/mol. The maximum Gasteiger partial charge on any atom is 0.417 e. The molecule has 34 heavy (non-hydrogen) atoms. The normalized spacial score (nSPS) is 23.2. The standard InChI is InChI=1S/C23H25F3N6O2/c1-4-5-17(23(24,25)26)12-27-15(3)34-20-11-16-10-19(20)31(13-16)22(33)18-7-6-14(2)30-21(18)32-28-8-9-29-32/h4-9,12,16,19-20H,10-11,13H2,1-3H3/b5-4+,17-12+,27-15?. The molecule has 4 rings (SSSR count). The Balaban J connectivity index is 1.52. The average Bonchev–Trinajstić information content (AvgIpc) is 3.52. The van der Waals surface area contributed by atoms with Gasteiger partial charge >= 0.3 is 6.18 Å². The lowest BCUT2D eigenvalue weighted by atomic mass is 10.1. The van der Waals surface area contributed by atoms with Gasteiger partial charge in [-0.1, -0.05) is 12.2 Å². The van der Waals surface area contributed by atoms with Crippen LogP contribution < -0.4 is 0 Å². The summed E-state index contributed by atoms with van der Waals surface area (Å²) < 4.78 is 45.1. The molecule has 3 heterocycles. The third kappa shape index (κ3) is 4.87. The van der Waals surface area contributed by atoms with E-state index in [1.54, 1.807) is 17.0 Å². The number of amides is 1. The van der Waals surface area contributed by atoms with Crippen molar-refractivity contribution in [2.75, 3.05) is 6.54 Å². The average molecular weight is 474 g/mol. The van der Waals surface area contributed by atoms with E-state index >= 15 is 0 Å². The number of aliphatic imine (C=N–C) groups is 1. The van der Waals surface area contributed by atoms with Crippen LogP contribution in [0.25, 0.3) is 5.82 Å². The number of aromatic nitrogens is 4. The molecule has 180 valence electrons. The first-order chi connectivity index (χ1) is 16.2. The monoisotopic (exact) mass is 474 g/mol. The van der Waals surface area contributed by atoms with Crippen molar-refractivity contribution >= 4 is 11.8 Å². The van der Waals surface area contributed by atoms with Gasteiger partial charge in [0.2, 0.25) is 0 Å². The number of piperidine rings is 1. The number of allylic oxidation sites excluding steroid dienone is 3. The van der Waals surface area contributed by atoms with E-state index in [0.29, 0.717) is 24.3 Å². The SMILES string of the molecule is C/C=C/C(=C\N=C(C)OC1CC2CC1N(C(=O)c1ccc(C)nc1-n1nccn1)C2)C(F)(F)F. The molecule has 3 unspecified atom stereocenters. The second-order valence-corrected chi connectivity index (χ2v) is 8.39. The molecule has 1 aliphatic heterocycles. The van der Waals surface area contributed by atoms with Crippen molar-refractivity contribution in [3.05, 3.63) is 59.7 Å². The Kier molecular flexibility index (Phi) is 6.54. The number of hydrogen-bond acceptors (Lipinski definition) is 6. The summed E-state index contributed by atoms with van der Waals surface area (Å²) in [6.45, 7) is 5.42. The van der Waals surface area contributed by atoms with Gasteiger partial charge in [0.15, 0.2) is 11.7 Å². The molecule has 1 amide bonds. The lowest BCUT2D eigenvalue weighted by Gasteiger charge is -2.33. The third-order valence-electron chi connectivity index (χ3n) is 5.92. The predicted molar refractivity (Wildman–Crippen MR) is 118 cm³/mol. The summed E-state index contributed by atoms with van der Waals surface area (Å²) >= 11 is 0. The van der Waals surface area contributed by atoms with Gasteiger partial charge in [-0.15, -0.1) is 4.80 Å². The fourth-order valence-electron chi connectivity index (χ4n) is 4.47. The number of pyridine rings is 1. The minimum atomic E-state index is -4.50. The number of carbonyl (C=O) groups is 1. The molecule has 3 atom stereocenters. The summed E-state index contributed by atoms with van der Waals surface area (Å²) in [4.78, 5) is 24.9. The minimum Gasteiger partial charge on any atom is -0.475 e. The van der Waals surface area contributed by atoms with Crippen molar-refractivity contribution in [3.8, 4) is 5.82 Å². The summed E-state index contributed by atoms with van der Waals surface area (Å²) in [5, 5.41) is 8.21. The van der Waals surface area contributed by atoms with Gasteiger partial charge in [-0.25, -0.2) is 9.98 Å². The number of nitrogens with zero attached hydrogens (tertiary/aromatic N) is 6. The quantitative estimate of drug-likeness (QED) is 0.371. The van der Waals surface area contributed by atoms with E-state index in [4.69, 9.17) is 4.74 Å². The van der Waals surface area contributed by atoms with Crippen molar-refractivity contribution < 1.29 is 22.7 Å². The van der Waals surface area contributed by atoms with E-state index in [1.165, 1.54) is 37.1 Å². The van der Waals surface area contributed by atoms with Crippen molar-refractivity contribution in [1.82, 2.24) is 24.9 Å². The largest absolute Gasteiger partial charge is 0.475 e. The Morgan fingerprint density at radius 1 is 1.24 bits per heavy atom. The number of alkyl halides is 3. The van der Waals surface area contributed by atoms with E-state index in [-0.39, 0.29) is 29.9 Å². The van der Waals surface area contributed by atoms with Gasteiger partial charge in [0.25, 0.3) is 5.91 Å². The molecule has 1 saturated carbocycles. The van der Waals surface area contributed by atoms with E-state index in [1.807, 2.05) is 6.92 Å². The molecule has 1 aliphatic carbocycles. The second-order valence-electron chi connectivity index (χ2n) is 8.39. The van der Waals surface area contributed by atoms with Gasteiger partial charge in [-0.3, -0.25) is 4.79 Å². The lowest BCUT2D eigenvalue weighted by molar-refractivity contribution is -0.0883. The fraction of sp³-hybridized carbons (Fsp3) is 0.435. The molecule has 2 bridgehead atoms. The first-order valence-corrected chi connectivity index (χ1v) is 10.9. The van der Waals surface area contributed by atoms with Gasteiger partial charge in [-0.2, -0.15) is 23.4 Å².